The van der Waals surface area contributed by atoms with Crippen molar-refractivity contribution in [1.29, 1.82) is 0 Å². The number of aryl methyl sites for hydroxylation is 2. The summed E-state index contributed by atoms with van der Waals surface area (Å²) in [6.45, 7) is 9.38. The van der Waals surface area contributed by atoms with Crippen LogP contribution in [0.5, 0.6) is 5.75 Å². The zero-order valence-corrected chi connectivity index (χ0v) is 13.8. The van der Waals surface area contributed by atoms with Crippen molar-refractivity contribution in [2.24, 2.45) is 0 Å². The predicted molar refractivity (Wildman–Crippen MR) is 88.6 cm³/mol. The van der Waals surface area contributed by atoms with Crippen molar-refractivity contribution in [3.05, 3.63) is 64.2 Å². The Hall–Kier alpha value is -1.47. The molecule has 0 saturated heterocycles. The average Bonchev–Trinajstić information content (AvgIpc) is 2.72. The number of ether oxygens (including phenoxy) is 1. The Morgan fingerprint density at radius 2 is 1.67 bits per heavy atom. The molecule has 1 unspecified atom stereocenters. The van der Waals surface area contributed by atoms with Gasteiger partial charge in [0, 0.05) is 11.0 Å². The van der Waals surface area contributed by atoms with Crippen LogP contribution in [0.2, 0.25) is 0 Å². The topological polar surface area (TPSA) is 9.23 Å². The van der Waals surface area contributed by atoms with E-state index in [1.165, 1.54) is 16.7 Å². The third-order valence-corrected chi connectivity index (χ3v) is 4.65. The van der Waals surface area contributed by atoms with Crippen molar-refractivity contribution in [2.45, 2.75) is 38.5 Å². The molecule has 0 bridgehead atoms. The Labute approximate surface area is 131 Å². The molecule has 0 aromatic heterocycles. The molecule has 0 fully saturated rings. The van der Waals surface area contributed by atoms with E-state index in [9.17, 15) is 0 Å². The lowest BCUT2D eigenvalue weighted by atomic mass is 9.85. The van der Waals surface area contributed by atoms with E-state index in [4.69, 9.17) is 16.3 Å². The maximum Gasteiger partial charge on any atom is 0.123 e. The predicted octanol–water partition coefficient (Wildman–Crippen LogP) is 5.30. The first-order valence-electron chi connectivity index (χ1n) is 7.36. The van der Waals surface area contributed by atoms with Crippen LogP contribution >= 0.6 is 11.6 Å². The normalized spacial score (nSPS) is 17.2. The van der Waals surface area contributed by atoms with Gasteiger partial charge in [-0.3, -0.25) is 0 Å². The second-order valence-corrected chi connectivity index (χ2v) is 7.15. The van der Waals surface area contributed by atoms with Crippen LogP contribution in [0.3, 0.4) is 0 Å². The molecule has 2 aromatic rings. The van der Waals surface area contributed by atoms with Crippen LogP contribution in [0.15, 0.2) is 36.4 Å². The molecule has 1 heterocycles. The van der Waals surface area contributed by atoms with Crippen LogP contribution < -0.4 is 4.74 Å². The minimum absolute atomic E-state index is 0.0600. The number of fused-ring (bicyclic) bond motifs is 1. The number of hydrogen-bond donors (Lipinski definition) is 0. The van der Waals surface area contributed by atoms with Gasteiger partial charge >= 0.3 is 0 Å². The first-order valence-corrected chi connectivity index (χ1v) is 7.80. The van der Waals surface area contributed by atoms with Crippen LogP contribution in [0.25, 0.3) is 0 Å². The summed E-state index contributed by atoms with van der Waals surface area (Å²) in [7, 11) is 0. The van der Waals surface area contributed by atoms with Gasteiger partial charge in [-0.15, -0.1) is 11.6 Å². The number of rotatable bonds is 2. The Morgan fingerprint density at radius 3 is 2.33 bits per heavy atom. The molecule has 3 rings (SSSR count). The van der Waals surface area contributed by atoms with Crippen molar-refractivity contribution in [1.82, 2.24) is 0 Å². The van der Waals surface area contributed by atoms with E-state index < -0.39 is 0 Å². The number of hydrogen-bond acceptors (Lipinski definition) is 1. The lowest BCUT2D eigenvalue weighted by Gasteiger charge is -2.18. The monoisotopic (exact) mass is 300 g/mol. The minimum Gasteiger partial charge on any atom is -0.492 e. The highest BCUT2D eigenvalue weighted by Gasteiger charge is 2.32. The third kappa shape index (κ3) is 2.67. The average molecular weight is 301 g/mol. The van der Waals surface area contributed by atoms with Crippen molar-refractivity contribution in [3.63, 3.8) is 0 Å². The molecule has 0 saturated carbocycles. The summed E-state index contributed by atoms with van der Waals surface area (Å²) in [6.07, 6.45) is 0. The van der Waals surface area contributed by atoms with Gasteiger partial charge in [0.25, 0.3) is 0 Å². The lowest BCUT2D eigenvalue weighted by Crippen LogP contribution is -2.18. The van der Waals surface area contributed by atoms with Gasteiger partial charge in [-0.25, -0.2) is 0 Å². The molecule has 1 atom stereocenters. The maximum absolute atomic E-state index is 6.73. The largest absolute Gasteiger partial charge is 0.492 e. The smallest absolute Gasteiger partial charge is 0.123 e. The van der Waals surface area contributed by atoms with Crippen LogP contribution in [0.1, 0.15) is 47.0 Å². The summed E-state index contributed by atoms with van der Waals surface area (Å²) in [5, 5.41) is -0.120. The van der Waals surface area contributed by atoms with Gasteiger partial charge in [0.1, 0.15) is 5.75 Å². The molecular weight excluding hydrogens is 280 g/mol. The van der Waals surface area contributed by atoms with Crippen LogP contribution in [-0.4, -0.2) is 6.61 Å². The van der Waals surface area contributed by atoms with E-state index in [0.717, 1.165) is 23.5 Å². The Morgan fingerprint density at radius 1 is 1.00 bits per heavy atom. The van der Waals surface area contributed by atoms with Gasteiger partial charge < -0.3 is 4.74 Å². The summed E-state index contributed by atoms with van der Waals surface area (Å²) in [6, 6.07) is 12.8. The van der Waals surface area contributed by atoms with E-state index in [-0.39, 0.29) is 10.8 Å². The van der Waals surface area contributed by atoms with Crippen molar-refractivity contribution in [2.75, 3.05) is 6.61 Å². The quantitative estimate of drug-likeness (QED) is 0.684. The van der Waals surface area contributed by atoms with E-state index in [1.54, 1.807) is 0 Å². The Bertz CT molecular complexity index is 668. The van der Waals surface area contributed by atoms with Gasteiger partial charge in [0.15, 0.2) is 0 Å². The van der Waals surface area contributed by atoms with Crippen molar-refractivity contribution < 1.29 is 4.74 Å². The molecule has 0 spiro atoms. The zero-order chi connectivity index (χ0) is 15.2. The molecule has 21 heavy (non-hydrogen) atoms. The minimum atomic E-state index is -0.120. The molecule has 0 aliphatic carbocycles. The third-order valence-electron chi connectivity index (χ3n) is 4.15. The molecule has 2 aromatic carbocycles. The number of halogens is 1. The fourth-order valence-electron chi connectivity index (χ4n) is 3.04. The Balaban J connectivity index is 2.01. The molecule has 0 radical (unpaired) electrons. The molecule has 1 aliphatic rings. The fraction of sp³-hybridized carbons (Fsp3) is 0.368. The van der Waals surface area contributed by atoms with Crippen LogP contribution in [0.4, 0.5) is 0 Å². The van der Waals surface area contributed by atoms with Gasteiger partial charge in [-0.2, -0.15) is 0 Å². The fourth-order valence-corrected chi connectivity index (χ4v) is 3.31. The molecule has 1 nitrogen and oxygen atoms in total. The standard InChI is InChI=1S/C19H21ClO/c1-12-7-13(2)9-15(8-12)18(20)14-5-6-17-16(10-14)19(3,4)11-21-17/h5-10,18H,11H2,1-4H3. The summed E-state index contributed by atoms with van der Waals surface area (Å²) >= 11 is 6.73. The summed E-state index contributed by atoms with van der Waals surface area (Å²) in [5.41, 5.74) is 6.12. The molecular formula is C19H21ClO. The number of alkyl halides is 1. The summed E-state index contributed by atoms with van der Waals surface area (Å²) in [4.78, 5) is 0. The van der Waals surface area contributed by atoms with E-state index in [2.05, 4.69) is 64.1 Å². The zero-order valence-electron chi connectivity index (χ0n) is 13.0. The van der Waals surface area contributed by atoms with Crippen molar-refractivity contribution in [3.8, 4) is 5.75 Å². The van der Waals surface area contributed by atoms with Crippen molar-refractivity contribution >= 4 is 11.6 Å². The summed E-state index contributed by atoms with van der Waals surface area (Å²) in [5.74, 6) is 0.994. The van der Waals surface area contributed by atoms with Crippen LogP contribution in [0, 0.1) is 13.8 Å². The lowest BCUT2D eigenvalue weighted by molar-refractivity contribution is 0.291. The SMILES string of the molecule is Cc1cc(C)cc(C(Cl)c2ccc3c(c2)C(C)(C)CO3)c1. The van der Waals surface area contributed by atoms with Gasteiger partial charge in [0.2, 0.25) is 0 Å². The van der Waals surface area contributed by atoms with Gasteiger partial charge in [-0.1, -0.05) is 49.2 Å². The highest BCUT2D eigenvalue weighted by Crippen LogP contribution is 2.41. The molecule has 0 amide bonds. The Kier molecular flexibility index (Phi) is 3.49. The second kappa shape index (κ2) is 5.06. The van der Waals surface area contributed by atoms with E-state index in [1.807, 2.05) is 0 Å². The van der Waals surface area contributed by atoms with E-state index >= 15 is 0 Å². The van der Waals surface area contributed by atoms with Gasteiger partial charge in [0.05, 0.1) is 12.0 Å². The van der Waals surface area contributed by atoms with Crippen LogP contribution in [-0.2, 0) is 5.41 Å². The first-order chi connectivity index (χ1) is 9.87. The van der Waals surface area contributed by atoms with Gasteiger partial charge in [-0.05, 0) is 37.1 Å². The molecule has 110 valence electrons. The first kappa shape index (κ1) is 14.5. The summed E-state index contributed by atoms with van der Waals surface area (Å²) < 4.78 is 5.75. The van der Waals surface area contributed by atoms with E-state index in [0.29, 0.717) is 0 Å². The molecule has 2 heteroatoms. The number of benzene rings is 2. The molecule has 0 N–H and O–H groups in total. The highest BCUT2D eigenvalue weighted by molar-refractivity contribution is 6.22. The second-order valence-electron chi connectivity index (χ2n) is 6.71. The maximum atomic E-state index is 6.73. The molecule has 1 aliphatic heterocycles. The highest BCUT2D eigenvalue weighted by atomic mass is 35.5.